The molecule has 7 heteroatoms. The number of carbonyl (C=O) groups excluding carboxylic acids is 1. The third-order valence-electron chi connectivity index (χ3n) is 2.83. The molecule has 0 unspecified atom stereocenters. The van der Waals surface area contributed by atoms with Gasteiger partial charge in [-0.2, -0.15) is 0 Å². The number of hydrogen-bond acceptors (Lipinski definition) is 6. The minimum absolute atomic E-state index is 0.120. The Morgan fingerprint density at radius 2 is 2.09 bits per heavy atom. The van der Waals surface area contributed by atoms with E-state index in [9.17, 15) is 4.79 Å². The van der Waals surface area contributed by atoms with Crippen molar-refractivity contribution in [2.45, 2.75) is 0 Å². The first-order chi connectivity index (χ1) is 11.3. The quantitative estimate of drug-likeness (QED) is 0.699. The smallest absolute Gasteiger partial charge is 0.414 e. The number of nitrogens with one attached hydrogen (secondary N) is 1. The normalized spacial score (nSPS) is 10.3. The molecule has 0 radical (unpaired) electrons. The summed E-state index contributed by atoms with van der Waals surface area (Å²) in [6.45, 7) is 0.668. The van der Waals surface area contributed by atoms with E-state index in [0.717, 1.165) is 10.6 Å². The molecular formula is C16H14N2O4S. The lowest BCUT2D eigenvalue weighted by Crippen LogP contribution is -2.30. The number of ether oxygens (including phenoxy) is 2. The summed E-state index contributed by atoms with van der Waals surface area (Å²) in [4.78, 5) is 12.6. The van der Waals surface area contributed by atoms with E-state index >= 15 is 0 Å². The highest BCUT2D eigenvalue weighted by Gasteiger charge is 2.11. The molecule has 6 nitrogen and oxygen atoms in total. The van der Waals surface area contributed by atoms with Crippen LogP contribution in [0.1, 0.15) is 0 Å². The molecule has 0 saturated carbocycles. The van der Waals surface area contributed by atoms with Crippen LogP contribution in [0.4, 0.5) is 4.79 Å². The lowest BCUT2D eigenvalue weighted by atomic mass is 10.3. The van der Waals surface area contributed by atoms with E-state index in [1.54, 1.807) is 6.07 Å². The molecule has 0 saturated heterocycles. The third-order valence-corrected chi connectivity index (χ3v) is 3.72. The standard InChI is InChI=1S/C16H14N2O4S/c19-16(17-8-9-20-12-5-2-1-3-6-12)21-15-11-13(22-18-15)14-7-4-10-23-14/h1-7,10-11H,8-9H2,(H,17,19). The van der Waals surface area contributed by atoms with Crippen molar-refractivity contribution >= 4 is 17.4 Å². The topological polar surface area (TPSA) is 73.6 Å². The van der Waals surface area contributed by atoms with Gasteiger partial charge in [0.15, 0.2) is 5.76 Å². The maximum Gasteiger partial charge on any atom is 0.414 e. The Morgan fingerprint density at radius 1 is 1.22 bits per heavy atom. The van der Waals surface area contributed by atoms with Gasteiger partial charge in [-0.25, -0.2) is 4.79 Å². The molecule has 1 aromatic carbocycles. The molecule has 1 N–H and O–H groups in total. The summed E-state index contributed by atoms with van der Waals surface area (Å²) >= 11 is 1.52. The number of nitrogens with zero attached hydrogens (tertiary/aromatic N) is 1. The molecule has 0 spiro atoms. The monoisotopic (exact) mass is 330 g/mol. The zero-order chi connectivity index (χ0) is 15.9. The lowest BCUT2D eigenvalue weighted by Gasteiger charge is -2.06. The number of rotatable bonds is 6. The Hall–Kier alpha value is -2.80. The van der Waals surface area contributed by atoms with Crippen LogP contribution < -0.4 is 14.8 Å². The first-order valence-electron chi connectivity index (χ1n) is 6.95. The van der Waals surface area contributed by atoms with Crippen LogP contribution in [0.25, 0.3) is 10.6 Å². The van der Waals surface area contributed by atoms with Gasteiger partial charge in [-0.05, 0) is 28.7 Å². The second-order valence-corrected chi connectivity index (χ2v) is 5.43. The molecule has 23 heavy (non-hydrogen) atoms. The van der Waals surface area contributed by atoms with Gasteiger partial charge in [0.1, 0.15) is 12.4 Å². The fourth-order valence-electron chi connectivity index (χ4n) is 1.81. The summed E-state index contributed by atoms with van der Waals surface area (Å²) < 4.78 is 15.6. The van der Waals surface area contributed by atoms with Crippen LogP contribution in [0.3, 0.4) is 0 Å². The van der Waals surface area contributed by atoms with E-state index in [4.69, 9.17) is 14.0 Å². The maximum absolute atomic E-state index is 11.7. The van der Waals surface area contributed by atoms with Crippen molar-refractivity contribution in [3.8, 4) is 22.3 Å². The van der Waals surface area contributed by atoms with Gasteiger partial charge < -0.3 is 19.3 Å². The van der Waals surface area contributed by atoms with Crippen LogP contribution in [0.2, 0.25) is 0 Å². The molecule has 0 bridgehead atoms. The van der Waals surface area contributed by atoms with Crippen molar-refractivity contribution in [2.75, 3.05) is 13.2 Å². The Kier molecular flexibility index (Phi) is 4.90. The Balaban J connectivity index is 1.41. The molecule has 1 amide bonds. The van der Waals surface area contributed by atoms with E-state index in [1.165, 1.54) is 11.3 Å². The van der Waals surface area contributed by atoms with Gasteiger partial charge in [-0.15, -0.1) is 11.3 Å². The van der Waals surface area contributed by atoms with Crippen molar-refractivity contribution in [2.24, 2.45) is 0 Å². The molecule has 0 aliphatic heterocycles. The minimum Gasteiger partial charge on any atom is -0.492 e. The number of benzene rings is 1. The summed E-state index contributed by atoms with van der Waals surface area (Å²) in [5.41, 5.74) is 0. The van der Waals surface area contributed by atoms with Crippen molar-refractivity contribution in [3.05, 3.63) is 53.9 Å². The van der Waals surface area contributed by atoms with E-state index < -0.39 is 6.09 Å². The molecular weight excluding hydrogens is 316 g/mol. The van der Waals surface area contributed by atoms with Crippen molar-refractivity contribution < 1.29 is 18.8 Å². The van der Waals surface area contributed by atoms with E-state index in [2.05, 4.69) is 10.5 Å². The van der Waals surface area contributed by atoms with E-state index in [0.29, 0.717) is 18.9 Å². The molecule has 0 atom stereocenters. The van der Waals surface area contributed by atoms with Gasteiger partial charge in [0.05, 0.1) is 17.5 Å². The molecule has 2 aromatic heterocycles. The lowest BCUT2D eigenvalue weighted by molar-refractivity contribution is 0.192. The Bertz CT molecular complexity index is 741. The number of hydrogen-bond donors (Lipinski definition) is 1. The largest absolute Gasteiger partial charge is 0.492 e. The number of amides is 1. The van der Waals surface area contributed by atoms with Crippen molar-refractivity contribution in [1.29, 1.82) is 0 Å². The highest BCUT2D eigenvalue weighted by Crippen LogP contribution is 2.27. The maximum atomic E-state index is 11.7. The molecule has 0 aliphatic carbocycles. The minimum atomic E-state index is -0.604. The van der Waals surface area contributed by atoms with Gasteiger partial charge in [-0.3, -0.25) is 0 Å². The third kappa shape index (κ3) is 4.33. The zero-order valence-electron chi connectivity index (χ0n) is 12.1. The average Bonchev–Trinajstić information content (AvgIpc) is 3.24. The fraction of sp³-hybridized carbons (Fsp3) is 0.125. The first kappa shape index (κ1) is 15.1. The van der Waals surface area contributed by atoms with Crippen LogP contribution >= 0.6 is 11.3 Å². The average molecular weight is 330 g/mol. The Labute approximate surface area is 136 Å². The highest BCUT2D eigenvalue weighted by atomic mass is 32.1. The molecule has 3 rings (SSSR count). The van der Waals surface area contributed by atoms with Crippen LogP contribution in [-0.4, -0.2) is 24.4 Å². The first-order valence-corrected chi connectivity index (χ1v) is 7.83. The molecule has 3 aromatic rings. The van der Waals surface area contributed by atoms with Crippen LogP contribution in [-0.2, 0) is 0 Å². The molecule has 2 heterocycles. The summed E-state index contributed by atoms with van der Waals surface area (Å²) in [6, 6.07) is 14.7. The molecule has 118 valence electrons. The summed E-state index contributed by atoms with van der Waals surface area (Å²) in [5, 5.41) is 8.21. The van der Waals surface area contributed by atoms with E-state index in [1.807, 2.05) is 47.8 Å². The predicted octanol–water partition coefficient (Wildman–Crippen LogP) is 3.57. The number of carbonyl (C=O) groups is 1. The van der Waals surface area contributed by atoms with Gasteiger partial charge in [0.2, 0.25) is 0 Å². The number of thiophene rings is 1. The van der Waals surface area contributed by atoms with E-state index in [-0.39, 0.29) is 5.88 Å². The van der Waals surface area contributed by atoms with Crippen molar-refractivity contribution in [1.82, 2.24) is 10.5 Å². The fourth-order valence-corrected chi connectivity index (χ4v) is 2.48. The van der Waals surface area contributed by atoms with Crippen molar-refractivity contribution in [3.63, 3.8) is 0 Å². The second-order valence-electron chi connectivity index (χ2n) is 4.48. The van der Waals surface area contributed by atoms with Crippen LogP contribution in [0.5, 0.6) is 11.6 Å². The van der Waals surface area contributed by atoms with Crippen LogP contribution in [0, 0.1) is 0 Å². The highest BCUT2D eigenvalue weighted by molar-refractivity contribution is 7.13. The van der Waals surface area contributed by atoms with Gasteiger partial charge in [-0.1, -0.05) is 24.3 Å². The molecule has 0 fully saturated rings. The number of aromatic nitrogens is 1. The predicted molar refractivity (Wildman–Crippen MR) is 85.8 cm³/mol. The summed E-state index contributed by atoms with van der Waals surface area (Å²) in [6.07, 6.45) is -0.604. The number of para-hydroxylation sites is 1. The second kappa shape index (κ2) is 7.46. The summed E-state index contributed by atoms with van der Waals surface area (Å²) in [7, 11) is 0. The van der Waals surface area contributed by atoms with Crippen LogP contribution in [0.15, 0.2) is 58.4 Å². The SMILES string of the molecule is O=C(NCCOc1ccccc1)Oc1cc(-c2cccs2)on1. The van der Waals surface area contributed by atoms with Gasteiger partial charge >= 0.3 is 6.09 Å². The van der Waals surface area contributed by atoms with Gasteiger partial charge in [0.25, 0.3) is 5.88 Å². The molecule has 0 aliphatic rings. The zero-order valence-corrected chi connectivity index (χ0v) is 12.9. The summed E-state index contributed by atoms with van der Waals surface area (Å²) in [5.74, 6) is 1.44. The van der Waals surface area contributed by atoms with Gasteiger partial charge in [0, 0.05) is 0 Å². The Morgan fingerprint density at radius 3 is 2.87 bits per heavy atom.